The Morgan fingerprint density at radius 3 is 2.47 bits per heavy atom. The fourth-order valence-corrected chi connectivity index (χ4v) is 4.10. The summed E-state index contributed by atoms with van der Waals surface area (Å²) in [6.07, 6.45) is 0. The van der Waals surface area contributed by atoms with Crippen molar-refractivity contribution in [2.24, 2.45) is 10.2 Å². The monoisotopic (exact) mass is 478 g/mol. The molecule has 0 bridgehead atoms. The maximum atomic E-state index is 13.1. The molecule has 1 aromatic heterocycles. The molecule has 1 N–H and O–H groups in total. The summed E-state index contributed by atoms with van der Waals surface area (Å²) >= 11 is 5.08. The Labute approximate surface area is 187 Å². The van der Waals surface area contributed by atoms with Gasteiger partial charge >= 0.3 is 0 Å². The Morgan fingerprint density at radius 2 is 1.73 bits per heavy atom. The predicted molar refractivity (Wildman–Crippen MR) is 125 cm³/mol. The van der Waals surface area contributed by atoms with Gasteiger partial charge in [-0.25, -0.2) is 4.68 Å². The normalized spacial score (nSPS) is 11.3. The zero-order valence-corrected chi connectivity index (χ0v) is 18.7. The Morgan fingerprint density at radius 1 is 0.967 bits per heavy atom. The van der Waals surface area contributed by atoms with Crippen LogP contribution >= 0.6 is 27.7 Å². The molecule has 0 spiro atoms. The van der Waals surface area contributed by atoms with E-state index in [1.165, 1.54) is 10.2 Å². The first-order chi connectivity index (χ1) is 14.6. The van der Waals surface area contributed by atoms with E-state index in [2.05, 4.69) is 62.4 Å². The fraction of sp³-hybridized carbons (Fsp3) is 0.0870. The van der Waals surface area contributed by atoms with Crippen LogP contribution in [0.2, 0.25) is 0 Å². The lowest BCUT2D eigenvalue weighted by molar-refractivity contribution is 0.833. The highest BCUT2D eigenvalue weighted by Crippen LogP contribution is 2.28. The maximum absolute atomic E-state index is 13.1. The van der Waals surface area contributed by atoms with Crippen molar-refractivity contribution >= 4 is 39.1 Å². The molecule has 0 aliphatic heterocycles. The minimum absolute atomic E-state index is 0.223. The quantitative estimate of drug-likeness (QED) is 0.240. The van der Waals surface area contributed by atoms with Crippen LogP contribution in [0.1, 0.15) is 11.3 Å². The van der Waals surface area contributed by atoms with Crippen LogP contribution in [0.5, 0.6) is 0 Å². The SMILES string of the molecule is Cc1ccc(SCc2[nH]n(-c3ccccc3)c(=O)c2N=Nc2cccc(Br)c2)cc1. The molecule has 4 rings (SSSR count). The zero-order chi connectivity index (χ0) is 20.9. The summed E-state index contributed by atoms with van der Waals surface area (Å²) in [5.41, 5.74) is 3.47. The summed E-state index contributed by atoms with van der Waals surface area (Å²) in [4.78, 5) is 14.2. The van der Waals surface area contributed by atoms with Crippen LogP contribution in [0, 0.1) is 6.92 Å². The average molecular weight is 479 g/mol. The topological polar surface area (TPSA) is 62.5 Å². The number of aromatic nitrogens is 2. The van der Waals surface area contributed by atoms with Gasteiger partial charge in [-0.3, -0.25) is 9.89 Å². The number of aryl methyl sites for hydroxylation is 1. The number of para-hydroxylation sites is 1. The second kappa shape index (κ2) is 9.28. The van der Waals surface area contributed by atoms with Crippen LogP contribution in [0.15, 0.2) is 103 Å². The van der Waals surface area contributed by atoms with Crippen molar-refractivity contribution in [3.63, 3.8) is 0 Å². The van der Waals surface area contributed by atoms with Gasteiger partial charge < -0.3 is 0 Å². The molecule has 1 heterocycles. The molecule has 0 fully saturated rings. The predicted octanol–water partition coefficient (Wildman–Crippen LogP) is 6.94. The summed E-state index contributed by atoms with van der Waals surface area (Å²) in [6, 6.07) is 25.3. The highest BCUT2D eigenvalue weighted by Gasteiger charge is 2.15. The largest absolute Gasteiger partial charge is 0.299 e. The van der Waals surface area contributed by atoms with Gasteiger partial charge in [0, 0.05) is 15.1 Å². The van der Waals surface area contributed by atoms with Gasteiger partial charge in [0.2, 0.25) is 0 Å². The lowest BCUT2D eigenvalue weighted by Gasteiger charge is -2.02. The number of H-pyrrole nitrogens is 1. The number of azo groups is 1. The molecule has 7 heteroatoms. The lowest BCUT2D eigenvalue weighted by atomic mass is 10.2. The number of nitrogens with one attached hydrogen (secondary N) is 1. The number of halogens is 1. The summed E-state index contributed by atoms with van der Waals surface area (Å²) in [5, 5.41) is 11.8. The van der Waals surface area contributed by atoms with E-state index in [4.69, 9.17) is 0 Å². The van der Waals surface area contributed by atoms with E-state index in [-0.39, 0.29) is 5.56 Å². The van der Waals surface area contributed by atoms with Crippen molar-refractivity contribution in [1.82, 2.24) is 9.78 Å². The van der Waals surface area contributed by atoms with Crippen molar-refractivity contribution in [2.45, 2.75) is 17.6 Å². The number of aromatic amines is 1. The van der Waals surface area contributed by atoms with Gasteiger partial charge in [-0.05, 0) is 49.4 Å². The molecule has 0 unspecified atom stereocenters. The highest BCUT2D eigenvalue weighted by atomic mass is 79.9. The number of benzene rings is 3. The van der Waals surface area contributed by atoms with E-state index >= 15 is 0 Å². The van der Waals surface area contributed by atoms with Crippen molar-refractivity contribution in [1.29, 1.82) is 0 Å². The first-order valence-electron chi connectivity index (χ1n) is 9.36. The Balaban J connectivity index is 1.69. The minimum atomic E-state index is -0.223. The molecule has 0 aliphatic rings. The molecular formula is C23H19BrN4OS. The highest BCUT2D eigenvalue weighted by molar-refractivity contribution is 9.10. The molecule has 150 valence electrons. The molecule has 3 aromatic carbocycles. The van der Waals surface area contributed by atoms with E-state index in [1.54, 1.807) is 11.8 Å². The second-order valence-corrected chi connectivity index (χ2v) is 8.66. The Kier molecular flexibility index (Phi) is 6.30. The second-order valence-electron chi connectivity index (χ2n) is 6.70. The van der Waals surface area contributed by atoms with Crippen LogP contribution in [0.25, 0.3) is 5.69 Å². The molecule has 0 amide bonds. The zero-order valence-electron chi connectivity index (χ0n) is 16.2. The van der Waals surface area contributed by atoms with Gasteiger partial charge in [0.05, 0.1) is 17.1 Å². The number of thioether (sulfide) groups is 1. The average Bonchev–Trinajstić information content (AvgIpc) is 3.08. The summed E-state index contributed by atoms with van der Waals surface area (Å²) < 4.78 is 2.42. The molecule has 0 saturated heterocycles. The first-order valence-corrected chi connectivity index (χ1v) is 11.1. The third kappa shape index (κ3) is 4.80. The van der Waals surface area contributed by atoms with Gasteiger partial charge in [-0.1, -0.05) is 57.9 Å². The van der Waals surface area contributed by atoms with Gasteiger partial charge in [-0.15, -0.1) is 16.9 Å². The van der Waals surface area contributed by atoms with Crippen molar-refractivity contribution in [2.75, 3.05) is 0 Å². The third-order valence-corrected chi connectivity index (χ3v) is 5.96. The van der Waals surface area contributed by atoms with Gasteiger partial charge in [0.15, 0.2) is 5.69 Å². The molecule has 0 aliphatic carbocycles. The molecule has 4 aromatic rings. The molecule has 30 heavy (non-hydrogen) atoms. The van der Waals surface area contributed by atoms with E-state index in [0.717, 1.165) is 20.7 Å². The van der Waals surface area contributed by atoms with Crippen LogP contribution in [-0.4, -0.2) is 9.78 Å². The van der Waals surface area contributed by atoms with E-state index in [9.17, 15) is 4.79 Å². The van der Waals surface area contributed by atoms with Gasteiger partial charge in [0.25, 0.3) is 5.56 Å². The number of rotatable bonds is 6. The molecular weight excluding hydrogens is 460 g/mol. The third-order valence-electron chi connectivity index (χ3n) is 4.43. The maximum Gasteiger partial charge on any atom is 0.299 e. The summed E-state index contributed by atoms with van der Waals surface area (Å²) in [7, 11) is 0. The fourth-order valence-electron chi connectivity index (χ4n) is 2.87. The summed E-state index contributed by atoms with van der Waals surface area (Å²) in [6.45, 7) is 2.06. The minimum Gasteiger partial charge on any atom is -0.292 e. The van der Waals surface area contributed by atoms with Crippen LogP contribution in [0.3, 0.4) is 0 Å². The van der Waals surface area contributed by atoms with Crippen molar-refractivity contribution in [3.8, 4) is 5.69 Å². The van der Waals surface area contributed by atoms with Crippen LogP contribution in [0.4, 0.5) is 11.4 Å². The Bertz CT molecular complexity index is 1230. The van der Waals surface area contributed by atoms with E-state index in [1.807, 2.05) is 54.6 Å². The van der Waals surface area contributed by atoms with Crippen molar-refractivity contribution < 1.29 is 0 Å². The summed E-state index contributed by atoms with van der Waals surface area (Å²) in [5.74, 6) is 0.574. The van der Waals surface area contributed by atoms with Crippen LogP contribution < -0.4 is 5.56 Å². The van der Waals surface area contributed by atoms with Crippen LogP contribution in [-0.2, 0) is 5.75 Å². The van der Waals surface area contributed by atoms with E-state index < -0.39 is 0 Å². The first kappa shape index (κ1) is 20.4. The van der Waals surface area contributed by atoms with Gasteiger partial charge in [0.1, 0.15) is 0 Å². The molecule has 5 nitrogen and oxygen atoms in total. The standard InChI is InChI=1S/C23H19BrN4OS/c1-16-10-12-20(13-11-16)30-15-21-22(26-25-18-7-5-6-17(24)14-18)23(29)28(27-21)19-8-3-2-4-9-19/h2-14,27H,15H2,1H3. The van der Waals surface area contributed by atoms with Gasteiger partial charge in [-0.2, -0.15) is 5.11 Å². The lowest BCUT2D eigenvalue weighted by Crippen LogP contribution is -2.13. The van der Waals surface area contributed by atoms with Crippen molar-refractivity contribution in [3.05, 3.63) is 105 Å². The number of nitrogens with zero attached hydrogens (tertiary/aromatic N) is 3. The molecule has 0 atom stereocenters. The van der Waals surface area contributed by atoms with E-state index in [0.29, 0.717) is 17.1 Å². The molecule has 0 saturated carbocycles. The number of hydrogen-bond donors (Lipinski definition) is 1. The molecule has 0 radical (unpaired) electrons. The smallest absolute Gasteiger partial charge is 0.292 e. The number of hydrogen-bond acceptors (Lipinski definition) is 4. The Hall–Kier alpha value is -2.90.